The first kappa shape index (κ1) is 9.90. The van der Waals surface area contributed by atoms with Crippen molar-refractivity contribution in [1.29, 1.82) is 0 Å². The normalized spacial score (nSPS) is 20.6. The predicted molar refractivity (Wildman–Crippen MR) is 52.5 cm³/mol. The monoisotopic (exact) mass is 215 g/mol. The van der Waals surface area contributed by atoms with Crippen LogP contribution in [0, 0.1) is 5.82 Å². The summed E-state index contributed by atoms with van der Waals surface area (Å²) in [6.45, 7) is 0. The third kappa shape index (κ3) is 1.63. The van der Waals surface area contributed by atoms with Crippen LogP contribution in [-0.2, 0) is 0 Å². The second-order valence-electron chi connectivity index (χ2n) is 3.81. The number of hydrogen-bond donors (Lipinski definition) is 2. The van der Waals surface area contributed by atoms with Gasteiger partial charge in [-0.1, -0.05) is 17.7 Å². The van der Waals surface area contributed by atoms with E-state index in [0.29, 0.717) is 5.56 Å². The maximum Gasteiger partial charge on any atom is 0.141 e. The summed E-state index contributed by atoms with van der Waals surface area (Å²) in [5.41, 5.74) is 5.88. The SMILES string of the molecule is NC1(C(O)c2ccc(F)c(Cl)c2)CC1. The van der Waals surface area contributed by atoms with Gasteiger partial charge in [-0.05, 0) is 30.5 Å². The molecule has 0 radical (unpaired) electrons. The van der Waals surface area contributed by atoms with Crippen molar-refractivity contribution in [3.63, 3.8) is 0 Å². The van der Waals surface area contributed by atoms with Crippen LogP contribution in [0.4, 0.5) is 4.39 Å². The van der Waals surface area contributed by atoms with Crippen LogP contribution in [0.1, 0.15) is 24.5 Å². The quantitative estimate of drug-likeness (QED) is 0.793. The highest BCUT2D eigenvalue weighted by Crippen LogP contribution is 2.43. The number of hydrogen-bond acceptors (Lipinski definition) is 2. The van der Waals surface area contributed by atoms with Gasteiger partial charge in [0.1, 0.15) is 5.82 Å². The minimum Gasteiger partial charge on any atom is -0.386 e. The molecule has 1 aliphatic rings. The summed E-state index contributed by atoms with van der Waals surface area (Å²) in [5.74, 6) is -0.482. The lowest BCUT2D eigenvalue weighted by Gasteiger charge is -2.18. The molecule has 0 heterocycles. The number of aliphatic hydroxyl groups excluding tert-OH is 1. The Bertz CT molecular complexity index is 365. The lowest BCUT2D eigenvalue weighted by Crippen LogP contribution is -2.30. The molecule has 1 aromatic rings. The van der Waals surface area contributed by atoms with Crippen LogP contribution in [0.3, 0.4) is 0 Å². The van der Waals surface area contributed by atoms with E-state index in [2.05, 4.69) is 0 Å². The summed E-state index contributed by atoms with van der Waals surface area (Å²) in [4.78, 5) is 0. The van der Waals surface area contributed by atoms with E-state index in [4.69, 9.17) is 17.3 Å². The van der Waals surface area contributed by atoms with Gasteiger partial charge >= 0.3 is 0 Å². The van der Waals surface area contributed by atoms with Gasteiger partial charge in [0.25, 0.3) is 0 Å². The molecule has 14 heavy (non-hydrogen) atoms. The zero-order valence-electron chi connectivity index (χ0n) is 7.50. The first-order chi connectivity index (χ1) is 6.53. The Labute approximate surface area is 86.5 Å². The minimum absolute atomic E-state index is 0.0193. The third-order valence-corrected chi connectivity index (χ3v) is 2.92. The van der Waals surface area contributed by atoms with Gasteiger partial charge in [0.15, 0.2) is 0 Å². The second-order valence-corrected chi connectivity index (χ2v) is 4.22. The maximum absolute atomic E-state index is 12.8. The third-order valence-electron chi connectivity index (χ3n) is 2.63. The molecule has 0 spiro atoms. The summed E-state index contributed by atoms with van der Waals surface area (Å²) in [6.07, 6.45) is 0.840. The molecule has 0 amide bonds. The van der Waals surface area contributed by atoms with Crippen molar-refractivity contribution in [2.24, 2.45) is 5.73 Å². The largest absolute Gasteiger partial charge is 0.386 e. The molecular weight excluding hydrogens is 205 g/mol. The Morgan fingerprint density at radius 3 is 2.64 bits per heavy atom. The smallest absolute Gasteiger partial charge is 0.141 e. The van der Waals surface area contributed by atoms with Gasteiger partial charge in [0, 0.05) is 5.54 Å². The van der Waals surface area contributed by atoms with Crippen LogP contribution in [-0.4, -0.2) is 10.6 Å². The van der Waals surface area contributed by atoms with Gasteiger partial charge in [-0.2, -0.15) is 0 Å². The van der Waals surface area contributed by atoms with Crippen LogP contribution in [0.5, 0.6) is 0 Å². The fourth-order valence-electron chi connectivity index (χ4n) is 1.43. The van der Waals surface area contributed by atoms with Gasteiger partial charge in [-0.3, -0.25) is 0 Å². The van der Waals surface area contributed by atoms with Crippen LogP contribution in [0.15, 0.2) is 18.2 Å². The zero-order chi connectivity index (χ0) is 10.3. The number of halogens is 2. The van der Waals surface area contributed by atoms with Crippen molar-refractivity contribution >= 4 is 11.6 Å². The molecule has 1 saturated carbocycles. The van der Waals surface area contributed by atoms with E-state index in [1.807, 2.05) is 0 Å². The zero-order valence-corrected chi connectivity index (χ0v) is 8.26. The average Bonchev–Trinajstić information content (AvgIpc) is 2.89. The Hall–Kier alpha value is -0.640. The summed E-state index contributed by atoms with van der Waals surface area (Å²) >= 11 is 5.60. The molecule has 76 valence electrons. The van der Waals surface area contributed by atoms with Gasteiger partial charge in [-0.25, -0.2) is 4.39 Å². The molecule has 0 aliphatic heterocycles. The van der Waals surface area contributed by atoms with E-state index >= 15 is 0 Å². The molecule has 1 atom stereocenters. The molecule has 0 bridgehead atoms. The molecule has 2 nitrogen and oxygen atoms in total. The molecule has 1 aromatic carbocycles. The Kier molecular flexibility index (Phi) is 2.26. The summed E-state index contributed by atoms with van der Waals surface area (Å²) in [6, 6.07) is 4.18. The fraction of sp³-hybridized carbons (Fsp3) is 0.400. The van der Waals surface area contributed by atoms with Gasteiger partial charge in [0.05, 0.1) is 11.1 Å². The van der Waals surface area contributed by atoms with E-state index in [9.17, 15) is 9.50 Å². The molecule has 1 aliphatic carbocycles. The van der Waals surface area contributed by atoms with Crippen LogP contribution >= 0.6 is 11.6 Å². The number of aliphatic hydroxyl groups is 1. The van der Waals surface area contributed by atoms with E-state index in [0.717, 1.165) is 12.8 Å². The highest BCUT2D eigenvalue weighted by Gasteiger charge is 2.45. The van der Waals surface area contributed by atoms with Gasteiger partial charge in [0.2, 0.25) is 0 Å². The van der Waals surface area contributed by atoms with E-state index in [1.54, 1.807) is 0 Å². The maximum atomic E-state index is 12.8. The predicted octanol–water partition coefficient (Wildman–Crippen LogP) is 2.00. The molecule has 1 fully saturated rings. The first-order valence-corrected chi connectivity index (χ1v) is 4.83. The molecule has 3 N–H and O–H groups in total. The van der Waals surface area contributed by atoms with Crippen molar-refractivity contribution in [3.05, 3.63) is 34.6 Å². The summed E-state index contributed by atoms with van der Waals surface area (Å²) in [7, 11) is 0. The lowest BCUT2D eigenvalue weighted by molar-refractivity contribution is 0.136. The molecule has 1 unspecified atom stereocenters. The van der Waals surface area contributed by atoms with E-state index in [-0.39, 0.29) is 5.02 Å². The number of rotatable bonds is 2. The van der Waals surface area contributed by atoms with Crippen LogP contribution in [0.25, 0.3) is 0 Å². The van der Waals surface area contributed by atoms with Crippen molar-refractivity contribution < 1.29 is 9.50 Å². The van der Waals surface area contributed by atoms with E-state index in [1.165, 1.54) is 18.2 Å². The number of benzene rings is 1. The Morgan fingerprint density at radius 1 is 1.50 bits per heavy atom. The Balaban J connectivity index is 2.28. The van der Waals surface area contributed by atoms with Crippen LogP contribution < -0.4 is 5.73 Å². The van der Waals surface area contributed by atoms with Crippen molar-refractivity contribution in [2.45, 2.75) is 24.5 Å². The summed E-state index contributed by atoms with van der Waals surface area (Å²) < 4.78 is 12.8. The topological polar surface area (TPSA) is 46.2 Å². The van der Waals surface area contributed by atoms with Crippen molar-refractivity contribution in [1.82, 2.24) is 0 Å². The van der Waals surface area contributed by atoms with Crippen LogP contribution in [0.2, 0.25) is 5.02 Å². The highest BCUT2D eigenvalue weighted by atomic mass is 35.5. The standard InChI is InChI=1S/C10H11ClFNO/c11-7-5-6(1-2-8(7)12)9(14)10(13)3-4-10/h1-2,5,9,14H,3-4,13H2. The van der Waals surface area contributed by atoms with E-state index < -0.39 is 17.5 Å². The Morgan fingerprint density at radius 2 is 2.14 bits per heavy atom. The number of nitrogens with two attached hydrogens (primary N) is 1. The molecule has 0 aromatic heterocycles. The van der Waals surface area contributed by atoms with Crippen molar-refractivity contribution in [2.75, 3.05) is 0 Å². The minimum atomic E-state index is -0.749. The molecule has 0 saturated heterocycles. The van der Waals surface area contributed by atoms with Gasteiger partial charge in [-0.15, -0.1) is 0 Å². The second kappa shape index (κ2) is 3.19. The molecule has 2 rings (SSSR count). The molecule has 4 heteroatoms. The average molecular weight is 216 g/mol. The molecular formula is C10H11ClFNO. The fourth-order valence-corrected chi connectivity index (χ4v) is 1.62. The van der Waals surface area contributed by atoms with Crippen molar-refractivity contribution in [3.8, 4) is 0 Å². The van der Waals surface area contributed by atoms with Gasteiger partial charge < -0.3 is 10.8 Å². The summed E-state index contributed by atoms with van der Waals surface area (Å²) in [5, 5.41) is 9.85. The lowest BCUT2D eigenvalue weighted by atomic mass is 10.0. The first-order valence-electron chi connectivity index (χ1n) is 4.45. The highest BCUT2D eigenvalue weighted by molar-refractivity contribution is 6.30.